The van der Waals surface area contributed by atoms with Crippen LogP contribution in [0.4, 0.5) is 0 Å². The molecule has 1 heterocycles. The van der Waals surface area contributed by atoms with Gasteiger partial charge in [-0.05, 0) is 30.2 Å². The Morgan fingerprint density at radius 2 is 1.90 bits per heavy atom. The molecular formula is C23H22N2O6. The third-order valence-electron chi connectivity index (χ3n) is 4.46. The molecule has 1 aromatic heterocycles. The maximum atomic E-state index is 12.9. The maximum Gasteiger partial charge on any atom is 0.325 e. The van der Waals surface area contributed by atoms with E-state index in [1.807, 2.05) is 30.3 Å². The van der Waals surface area contributed by atoms with E-state index in [-0.39, 0.29) is 24.1 Å². The summed E-state index contributed by atoms with van der Waals surface area (Å²) in [7, 11) is 0. The second-order valence-corrected chi connectivity index (χ2v) is 6.49. The highest BCUT2D eigenvalue weighted by Crippen LogP contribution is 2.30. The molecule has 0 aliphatic carbocycles. The molecule has 160 valence electrons. The van der Waals surface area contributed by atoms with Crippen LogP contribution in [0.15, 0.2) is 66.0 Å². The molecule has 0 saturated carbocycles. The van der Waals surface area contributed by atoms with Gasteiger partial charge in [-0.15, -0.1) is 4.73 Å². The van der Waals surface area contributed by atoms with Crippen LogP contribution in [0.1, 0.15) is 17.3 Å². The van der Waals surface area contributed by atoms with Crippen LogP contribution in [0.2, 0.25) is 0 Å². The minimum atomic E-state index is -0.918. The molecule has 0 fully saturated rings. The van der Waals surface area contributed by atoms with E-state index in [0.29, 0.717) is 0 Å². The van der Waals surface area contributed by atoms with Crippen molar-refractivity contribution in [3.8, 4) is 16.9 Å². The molecular weight excluding hydrogens is 400 g/mol. The molecule has 3 rings (SSSR count). The quantitative estimate of drug-likeness (QED) is 0.426. The Morgan fingerprint density at radius 1 is 1.16 bits per heavy atom. The Bertz CT molecular complexity index is 1180. The molecule has 2 aromatic carbocycles. The van der Waals surface area contributed by atoms with Gasteiger partial charge in [-0.1, -0.05) is 49.1 Å². The highest BCUT2D eigenvalue weighted by molar-refractivity contribution is 6.03. The Balaban J connectivity index is 2.14. The van der Waals surface area contributed by atoms with Crippen molar-refractivity contribution in [2.24, 2.45) is 0 Å². The van der Waals surface area contributed by atoms with E-state index in [9.17, 15) is 19.5 Å². The van der Waals surface area contributed by atoms with Gasteiger partial charge >= 0.3 is 5.97 Å². The van der Waals surface area contributed by atoms with Crippen molar-refractivity contribution >= 4 is 22.8 Å². The summed E-state index contributed by atoms with van der Waals surface area (Å²) < 4.78 is 5.70. The number of esters is 1. The second kappa shape index (κ2) is 9.62. The number of hydrogen-bond acceptors (Lipinski definition) is 6. The summed E-state index contributed by atoms with van der Waals surface area (Å²) in [6.45, 7) is 4.91. The van der Waals surface area contributed by atoms with E-state index in [1.54, 1.807) is 25.1 Å². The lowest BCUT2D eigenvalue weighted by Crippen LogP contribution is -2.38. The zero-order valence-corrected chi connectivity index (χ0v) is 17.0. The summed E-state index contributed by atoms with van der Waals surface area (Å²) in [5.41, 5.74) is 0.551. The first-order chi connectivity index (χ1) is 15.0. The standard InChI is InChI=1S/C23H22N2O6/c1-3-12-31-25-18-11-10-16(15-8-6-5-7-9-15)13-17(18)21(27)20(23(25)29)22(28)24-14-19(26)30-4-2/h3,5-11,13,27H,1,4,12,14H2,2H3,(H,24,28). The van der Waals surface area contributed by atoms with E-state index in [4.69, 9.17) is 9.57 Å². The summed E-state index contributed by atoms with van der Waals surface area (Å²) in [6, 6.07) is 14.5. The topological polar surface area (TPSA) is 107 Å². The number of benzene rings is 2. The SMILES string of the molecule is C=CCOn1c(=O)c(C(=O)NCC(=O)OCC)c(O)c2cc(-c3ccccc3)ccc21. The van der Waals surface area contributed by atoms with Crippen molar-refractivity contribution in [2.45, 2.75) is 6.92 Å². The first kappa shape index (κ1) is 21.6. The highest BCUT2D eigenvalue weighted by Gasteiger charge is 2.24. The minimum absolute atomic E-state index is 0.00407. The molecule has 8 nitrogen and oxygen atoms in total. The number of carbonyl (C=O) groups is 2. The van der Waals surface area contributed by atoms with Crippen molar-refractivity contribution in [3.05, 3.63) is 77.1 Å². The lowest BCUT2D eigenvalue weighted by atomic mass is 10.0. The normalized spacial score (nSPS) is 10.5. The monoisotopic (exact) mass is 422 g/mol. The van der Waals surface area contributed by atoms with Crippen molar-refractivity contribution in [1.82, 2.24) is 10.0 Å². The molecule has 0 aliphatic heterocycles. The molecule has 0 atom stereocenters. The third kappa shape index (κ3) is 4.58. The predicted molar refractivity (Wildman–Crippen MR) is 116 cm³/mol. The average molecular weight is 422 g/mol. The van der Waals surface area contributed by atoms with Gasteiger partial charge in [-0.2, -0.15) is 0 Å². The van der Waals surface area contributed by atoms with Gasteiger partial charge in [0, 0.05) is 5.39 Å². The predicted octanol–water partition coefficient (Wildman–Crippen LogP) is 2.28. The molecule has 0 radical (unpaired) electrons. The van der Waals surface area contributed by atoms with Crippen LogP contribution in [0.25, 0.3) is 22.0 Å². The van der Waals surface area contributed by atoms with Crippen LogP contribution >= 0.6 is 0 Å². The molecule has 0 aliphatic rings. The van der Waals surface area contributed by atoms with Crippen molar-refractivity contribution in [3.63, 3.8) is 0 Å². The van der Waals surface area contributed by atoms with E-state index in [2.05, 4.69) is 11.9 Å². The first-order valence-electron chi connectivity index (χ1n) is 9.63. The number of pyridine rings is 1. The van der Waals surface area contributed by atoms with E-state index in [0.717, 1.165) is 15.9 Å². The Kier molecular flexibility index (Phi) is 6.71. The number of nitrogens with zero attached hydrogens (tertiary/aromatic N) is 1. The molecule has 1 amide bonds. The van der Waals surface area contributed by atoms with Crippen LogP contribution in [0.5, 0.6) is 5.75 Å². The van der Waals surface area contributed by atoms with Crippen LogP contribution in [0, 0.1) is 0 Å². The molecule has 0 bridgehead atoms. The lowest BCUT2D eigenvalue weighted by molar-refractivity contribution is -0.141. The van der Waals surface area contributed by atoms with Gasteiger partial charge in [0.05, 0.1) is 12.1 Å². The zero-order valence-electron chi connectivity index (χ0n) is 17.0. The van der Waals surface area contributed by atoms with Crippen LogP contribution < -0.4 is 15.7 Å². The number of nitrogens with one attached hydrogen (secondary N) is 1. The average Bonchev–Trinajstić information content (AvgIpc) is 2.78. The Hall–Kier alpha value is -4.07. The largest absolute Gasteiger partial charge is 0.506 e. The van der Waals surface area contributed by atoms with Gasteiger partial charge in [-0.3, -0.25) is 14.4 Å². The number of hydrogen-bond donors (Lipinski definition) is 2. The van der Waals surface area contributed by atoms with Gasteiger partial charge in [0.25, 0.3) is 11.5 Å². The van der Waals surface area contributed by atoms with E-state index < -0.39 is 35.3 Å². The molecule has 3 aromatic rings. The minimum Gasteiger partial charge on any atom is -0.506 e. The number of carbonyl (C=O) groups excluding carboxylic acids is 2. The van der Waals surface area contributed by atoms with Crippen molar-refractivity contribution < 1.29 is 24.3 Å². The number of rotatable bonds is 8. The third-order valence-corrected chi connectivity index (χ3v) is 4.46. The van der Waals surface area contributed by atoms with Gasteiger partial charge < -0.3 is 20.0 Å². The smallest absolute Gasteiger partial charge is 0.325 e. The summed E-state index contributed by atoms with van der Waals surface area (Å²) in [5.74, 6) is -2.08. The molecule has 0 saturated heterocycles. The number of aromatic nitrogens is 1. The van der Waals surface area contributed by atoms with Crippen molar-refractivity contribution in [2.75, 3.05) is 19.8 Å². The fourth-order valence-electron chi connectivity index (χ4n) is 3.07. The van der Waals surface area contributed by atoms with Crippen molar-refractivity contribution in [1.29, 1.82) is 0 Å². The Morgan fingerprint density at radius 3 is 2.58 bits per heavy atom. The molecule has 0 unspecified atom stereocenters. The first-order valence-corrected chi connectivity index (χ1v) is 9.63. The van der Waals surface area contributed by atoms with Crippen LogP contribution in [-0.4, -0.2) is 41.5 Å². The number of ether oxygens (including phenoxy) is 1. The lowest BCUT2D eigenvalue weighted by Gasteiger charge is -2.15. The Labute approximate surface area is 178 Å². The fraction of sp³-hybridized carbons (Fsp3) is 0.174. The molecule has 0 spiro atoms. The molecule has 8 heteroatoms. The fourth-order valence-corrected chi connectivity index (χ4v) is 3.07. The molecule has 2 N–H and O–H groups in total. The van der Waals surface area contributed by atoms with Gasteiger partial charge in [0.1, 0.15) is 18.9 Å². The second-order valence-electron chi connectivity index (χ2n) is 6.49. The maximum absolute atomic E-state index is 12.9. The summed E-state index contributed by atoms with van der Waals surface area (Å²) in [6.07, 6.45) is 1.45. The summed E-state index contributed by atoms with van der Waals surface area (Å²) >= 11 is 0. The van der Waals surface area contributed by atoms with E-state index >= 15 is 0 Å². The van der Waals surface area contributed by atoms with Gasteiger partial charge in [0.2, 0.25) is 0 Å². The highest BCUT2D eigenvalue weighted by atomic mass is 16.7. The summed E-state index contributed by atoms with van der Waals surface area (Å²) in [5, 5.41) is 13.4. The zero-order chi connectivity index (χ0) is 22.4. The number of aromatic hydroxyl groups is 1. The van der Waals surface area contributed by atoms with Gasteiger partial charge in [0.15, 0.2) is 5.56 Å². The molecule has 31 heavy (non-hydrogen) atoms. The van der Waals surface area contributed by atoms with Crippen LogP contribution in [-0.2, 0) is 9.53 Å². The van der Waals surface area contributed by atoms with Gasteiger partial charge in [-0.25, -0.2) is 0 Å². The summed E-state index contributed by atoms with van der Waals surface area (Å²) in [4.78, 5) is 42.6. The number of fused-ring (bicyclic) bond motifs is 1. The number of amides is 1. The van der Waals surface area contributed by atoms with Crippen LogP contribution in [0.3, 0.4) is 0 Å². The van der Waals surface area contributed by atoms with E-state index in [1.165, 1.54) is 6.08 Å².